The van der Waals surface area contributed by atoms with Crippen molar-refractivity contribution in [1.29, 1.82) is 0 Å². The smallest absolute Gasteiger partial charge is 0.232 e. The van der Waals surface area contributed by atoms with Crippen LogP contribution in [-0.4, -0.2) is 24.3 Å². The van der Waals surface area contributed by atoms with Crippen molar-refractivity contribution in [2.24, 2.45) is 0 Å². The van der Waals surface area contributed by atoms with Gasteiger partial charge in [0.05, 0.1) is 11.8 Å². The number of hydrogen-bond acceptors (Lipinski definition) is 3. The summed E-state index contributed by atoms with van der Waals surface area (Å²) in [4.78, 5) is 12.0. The second-order valence-electron chi connectivity index (χ2n) is 5.03. The van der Waals surface area contributed by atoms with Gasteiger partial charge in [0.15, 0.2) is 0 Å². The molecule has 1 atom stereocenters. The number of carbonyl (C=O) groups excluding carboxylic acids is 1. The summed E-state index contributed by atoms with van der Waals surface area (Å²) in [7, 11) is 0. The molecule has 0 heterocycles. The van der Waals surface area contributed by atoms with Crippen LogP contribution in [0.4, 0.5) is 4.39 Å². The number of rotatable bonds is 8. The third-order valence-corrected chi connectivity index (χ3v) is 4.41. The Labute approximate surface area is 140 Å². The highest BCUT2D eigenvalue weighted by atomic mass is 32.2. The Balaban J connectivity index is 1.63. The molecular weight excluding hydrogens is 313 g/mol. The van der Waals surface area contributed by atoms with Gasteiger partial charge in [0.25, 0.3) is 0 Å². The van der Waals surface area contributed by atoms with Crippen molar-refractivity contribution in [2.75, 3.05) is 13.2 Å². The van der Waals surface area contributed by atoms with Crippen LogP contribution in [0.3, 0.4) is 0 Å². The number of thioether (sulfide) groups is 1. The molecule has 0 aromatic heterocycles. The lowest BCUT2D eigenvalue weighted by atomic mass is 10.2. The van der Waals surface area contributed by atoms with Gasteiger partial charge in [-0.25, -0.2) is 4.39 Å². The standard InChI is InChI=1S/C18H20FNO2S/c1-14(23-13-15-5-3-2-4-6-15)18(21)20-11-12-22-17-9-7-16(19)8-10-17/h2-10,14H,11-13H2,1H3,(H,20,21)/t14-/m0/s1. The van der Waals surface area contributed by atoms with E-state index >= 15 is 0 Å². The largest absolute Gasteiger partial charge is 0.492 e. The Bertz CT molecular complexity index is 604. The molecule has 0 radical (unpaired) electrons. The zero-order valence-electron chi connectivity index (χ0n) is 13.0. The van der Waals surface area contributed by atoms with Crippen LogP contribution in [0, 0.1) is 5.82 Å². The van der Waals surface area contributed by atoms with E-state index in [1.54, 1.807) is 23.9 Å². The molecule has 0 fully saturated rings. The van der Waals surface area contributed by atoms with E-state index in [1.807, 2.05) is 37.3 Å². The molecule has 122 valence electrons. The molecule has 2 aromatic rings. The van der Waals surface area contributed by atoms with Crippen molar-refractivity contribution >= 4 is 17.7 Å². The van der Waals surface area contributed by atoms with Crippen molar-refractivity contribution in [2.45, 2.75) is 17.9 Å². The fraction of sp³-hybridized carbons (Fsp3) is 0.278. The van der Waals surface area contributed by atoms with Crippen molar-refractivity contribution in [3.63, 3.8) is 0 Å². The third kappa shape index (κ3) is 6.32. The lowest BCUT2D eigenvalue weighted by Crippen LogP contribution is -2.34. The van der Waals surface area contributed by atoms with Gasteiger partial charge in [-0.15, -0.1) is 11.8 Å². The Kier molecular flexibility index (Phi) is 6.94. The van der Waals surface area contributed by atoms with Gasteiger partial charge in [0.1, 0.15) is 18.2 Å². The highest BCUT2D eigenvalue weighted by molar-refractivity contribution is 7.99. The highest BCUT2D eigenvalue weighted by Crippen LogP contribution is 2.17. The minimum absolute atomic E-state index is 0.00589. The second-order valence-corrected chi connectivity index (χ2v) is 6.36. The summed E-state index contributed by atoms with van der Waals surface area (Å²) in [5.74, 6) is 1.09. The first kappa shape index (κ1) is 17.3. The number of hydrogen-bond donors (Lipinski definition) is 1. The maximum Gasteiger partial charge on any atom is 0.232 e. The first-order valence-corrected chi connectivity index (χ1v) is 8.51. The molecular formula is C18H20FNO2S. The molecule has 0 unspecified atom stereocenters. The molecule has 0 aliphatic rings. The van der Waals surface area contributed by atoms with E-state index in [-0.39, 0.29) is 17.0 Å². The van der Waals surface area contributed by atoms with Crippen LogP contribution in [0.1, 0.15) is 12.5 Å². The molecule has 0 spiro atoms. The minimum atomic E-state index is -0.296. The number of nitrogens with one attached hydrogen (secondary N) is 1. The monoisotopic (exact) mass is 333 g/mol. The number of ether oxygens (including phenoxy) is 1. The molecule has 23 heavy (non-hydrogen) atoms. The summed E-state index contributed by atoms with van der Waals surface area (Å²) in [6, 6.07) is 15.9. The predicted octanol–water partition coefficient (Wildman–Crippen LogP) is 3.64. The van der Waals surface area contributed by atoms with Crippen LogP contribution in [0.2, 0.25) is 0 Å². The van der Waals surface area contributed by atoms with E-state index in [0.29, 0.717) is 18.9 Å². The Morgan fingerprint density at radius 2 is 1.87 bits per heavy atom. The summed E-state index contributed by atoms with van der Waals surface area (Å²) in [6.45, 7) is 2.67. The number of amides is 1. The van der Waals surface area contributed by atoms with E-state index in [0.717, 1.165) is 5.75 Å². The van der Waals surface area contributed by atoms with Gasteiger partial charge < -0.3 is 10.1 Å². The first-order chi connectivity index (χ1) is 11.1. The summed E-state index contributed by atoms with van der Waals surface area (Å²) in [5.41, 5.74) is 1.21. The highest BCUT2D eigenvalue weighted by Gasteiger charge is 2.12. The van der Waals surface area contributed by atoms with E-state index in [1.165, 1.54) is 17.7 Å². The molecule has 5 heteroatoms. The van der Waals surface area contributed by atoms with E-state index < -0.39 is 0 Å². The van der Waals surface area contributed by atoms with E-state index in [9.17, 15) is 9.18 Å². The van der Waals surface area contributed by atoms with Crippen molar-refractivity contribution in [1.82, 2.24) is 5.32 Å². The van der Waals surface area contributed by atoms with Gasteiger partial charge in [-0.05, 0) is 36.8 Å². The Hall–Kier alpha value is -2.01. The van der Waals surface area contributed by atoms with Gasteiger partial charge in [-0.1, -0.05) is 30.3 Å². The molecule has 3 nitrogen and oxygen atoms in total. The normalized spacial score (nSPS) is 11.7. The van der Waals surface area contributed by atoms with Gasteiger partial charge in [-0.3, -0.25) is 4.79 Å². The van der Waals surface area contributed by atoms with Gasteiger partial charge >= 0.3 is 0 Å². The SMILES string of the molecule is C[C@H](SCc1ccccc1)C(=O)NCCOc1ccc(F)cc1. The molecule has 0 saturated heterocycles. The maximum absolute atomic E-state index is 12.8. The zero-order chi connectivity index (χ0) is 16.5. The fourth-order valence-corrected chi connectivity index (χ4v) is 2.76. The molecule has 0 aliphatic carbocycles. The molecule has 1 amide bonds. The zero-order valence-corrected chi connectivity index (χ0v) is 13.8. The molecule has 2 aromatic carbocycles. The Morgan fingerprint density at radius 1 is 1.17 bits per heavy atom. The quantitative estimate of drug-likeness (QED) is 0.750. The maximum atomic E-state index is 12.8. The predicted molar refractivity (Wildman–Crippen MR) is 92.1 cm³/mol. The molecule has 0 aliphatic heterocycles. The molecule has 0 saturated carbocycles. The van der Waals surface area contributed by atoms with Crippen LogP contribution in [0.25, 0.3) is 0 Å². The average molecular weight is 333 g/mol. The fourth-order valence-electron chi connectivity index (χ4n) is 1.89. The average Bonchev–Trinajstić information content (AvgIpc) is 2.59. The number of benzene rings is 2. The second kappa shape index (κ2) is 9.20. The van der Waals surface area contributed by atoms with Crippen LogP contribution < -0.4 is 10.1 Å². The molecule has 1 N–H and O–H groups in total. The van der Waals surface area contributed by atoms with Crippen molar-refractivity contribution in [3.8, 4) is 5.75 Å². The summed E-state index contributed by atoms with van der Waals surface area (Å²) in [6.07, 6.45) is 0. The lowest BCUT2D eigenvalue weighted by Gasteiger charge is -2.12. The van der Waals surface area contributed by atoms with Gasteiger partial charge in [0.2, 0.25) is 5.91 Å². The summed E-state index contributed by atoms with van der Waals surface area (Å²) >= 11 is 1.60. The molecule has 2 rings (SSSR count). The van der Waals surface area contributed by atoms with Gasteiger partial charge in [-0.2, -0.15) is 0 Å². The molecule has 0 bridgehead atoms. The number of carbonyl (C=O) groups is 1. The van der Waals surface area contributed by atoms with Crippen LogP contribution >= 0.6 is 11.8 Å². The lowest BCUT2D eigenvalue weighted by molar-refractivity contribution is -0.120. The third-order valence-electron chi connectivity index (χ3n) is 3.20. The van der Waals surface area contributed by atoms with Crippen LogP contribution in [0.15, 0.2) is 54.6 Å². The van der Waals surface area contributed by atoms with Gasteiger partial charge in [0, 0.05) is 5.75 Å². The summed E-state index contributed by atoms with van der Waals surface area (Å²) in [5, 5.41) is 2.72. The van der Waals surface area contributed by atoms with E-state index in [2.05, 4.69) is 5.32 Å². The van der Waals surface area contributed by atoms with Crippen molar-refractivity contribution in [3.05, 3.63) is 66.0 Å². The minimum Gasteiger partial charge on any atom is -0.492 e. The topological polar surface area (TPSA) is 38.3 Å². The van der Waals surface area contributed by atoms with Crippen LogP contribution in [0.5, 0.6) is 5.75 Å². The van der Waals surface area contributed by atoms with Crippen molar-refractivity contribution < 1.29 is 13.9 Å². The summed E-state index contributed by atoms with van der Waals surface area (Å²) < 4.78 is 18.2. The number of halogens is 1. The van der Waals surface area contributed by atoms with Crippen LogP contribution in [-0.2, 0) is 10.5 Å². The first-order valence-electron chi connectivity index (χ1n) is 7.47. The van der Waals surface area contributed by atoms with E-state index in [4.69, 9.17) is 4.74 Å². The Morgan fingerprint density at radius 3 is 2.57 bits per heavy atom.